The van der Waals surface area contributed by atoms with Crippen LogP contribution in [0.15, 0.2) is 12.7 Å². The lowest BCUT2D eigenvalue weighted by Crippen LogP contribution is -2.25. The molecule has 1 saturated heterocycles. The summed E-state index contributed by atoms with van der Waals surface area (Å²) in [6.45, 7) is 9.02. The quantitative estimate of drug-likeness (QED) is 0.382. The van der Waals surface area contributed by atoms with Crippen LogP contribution < -0.4 is 0 Å². The van der Waals surface area contributed by atoms with Gasteiger partial charge in [-0.2, -0.15) is 0 Å². The zero-order valence-corrected chi connectivity index (χ0v) is 11.1. The van der Waals surface area contributed by atoms with Gasteiger partial charge in [-0.25, -0.2) is 0 Å². The van der Waals surface area contributed by atoms with Crippen molar-refractivity contribution in [3.8, 4) is 12.3 Å². The Morgan fingerprint density at radius 3 is 3.00 bits per heavy atom. The Morgan fingerprint density at radius 1 is 1.65 bits per heavy atom. The molecule has 1 aliphatic rings. The maximum Gasteiger partial charge on any atom is 0.158 e. The van der Waals surface area contributed by atoms with Crippen molar-refractivity contribution in [1.29, 1.82) is 0 Å². The first-order valence-corrected chi connectivity index (χ1v) is 6.50. The number of rotatable bonds is 7. The van der Waals surface area contributed by atoms with Crippen molar-refractivity contribution in [2.24, 2.45) is 5.41 Å². The largest absolute Gasteiger partial charge is 0.353 e. The fourth-order valence-corrected chi connectivity index (χ4v) is 2.16. The van der Waals surface area contributed by atoms with E-state index in [0.717, 1.165) is 38.7 Å². The highest BCUT2D eigenvalue weighted by molar-refractivity contribution is 5.03. The molecule has 2 heteroatoms. The number of terminal acetylenes is 1. The van der Waals surface area contributed by atoms with Gasteiger partial charge >= 0.3 is 0 Å². The number of unbranched alkanes of at least 4 members (excludes halogenated alkanes) is 1. The van der Waals surface area contributed by atoms with E-state index in [1.54, 1.807) is 0 Å². The molecule has 0 saturated carbocycles. The lowest BCUT2D eigenvalue weighted by atomic mass is 9.81. The minimum absolute atomic E-state index is 0.00622. The lowest BCUT2D eigenvalue weighted by Gasteiger charge is -2.24. The summed E-state index contributed by atoms with van der Waals surface area (Å²) < 4.78 is 11.7. The molecule has 0 bridgehead atoms. The average Bonchev–Trinajstić information content (AvgIpc) is 2.65. The fraction of sp³-hybridized carbons (Fsp3) is 0.733. The molecule has 0 aromatic heterocycles. The smallest absolute Gasteiger partial charge is 0.158 e. The zero-order chi connectivity index (χ0) is 12.7. The van der Waals surface area contributed by atoms with Crippen LogP contribution in [0, 0.1) is 17.8 Å². The molecule has 1 aliphatic heterocycles. The van der Waals surface area contributed by atoms with Crippen LogP contribution in [0.3, 0.4) is 0 Å². The Kier molecular flexibility index (Phi) is 5.74. The number of ether oxygens (including phenoxy) is 2. The van der Waals surface area contributed by atoms with Crippen molar-refractivity contribution in [3.05, 3.63) is 12.7 Å². The first-order chi connectivity index (χ1) is 8.16. The van der Waals surface area contributed by atoms with E-state index in [0.29, 0.717) is 0 Å². The predicted molar refractivity (Wildman–Crippen MR) is 70.5 cm³/mol. The summed E-state index contributed by atoms with van der Waals surface area (Å²) in [6.07, 6.45) is 12.1. The van der Waals surface area contributed by atoms with Crippen LogP contribution in [0.25, 0.3) is 0 Å². The Morgan fingerprint density at radius 2 is 2.41 bits per heavy atom. The summed E-state index contributed by atoms with van der Waals surface area (Å²) in [4.78, 5) is 0. The number of hydrogen-bond acceptors (Lipinski definition) is 2. The van der Waals surface area contributed by atoms with Crippen LogP contribution in [0.1, 0.15) is 46.0 Å². The van der Waals surface area contributed by atoms with Gasteiger partial charge in [0.25, 0.3) is 0 Å². The molecule has 1 unspecified atom stereocenters. The molecule has 0 aliphatic carbocycles. The molecular formula is C15H24O2. The van der Waals surface area contributed by atoms with Crippen molar-refractivity contribution in [3.63, 3.8) is 0 Å². The lowest BCUT2D eigenvalue weighted by molar-refractivity contribution is -0.136. The van der Waals surface area contributed by atoms with Crippen molar-refractivity contribution < 1.29 is 9.47 Å². The molecule has 17 heavy (non-hydrogen) atoms. The minimum Gasteiger partial charge on any atom is -0.353 e. The Balaban J connectivity index is 2.48. The van der Waals surface area contributed by atoms with E-state index in [4.69, 9.17) is 15.9 Å². The fourth-order valence-electron chi connectivity index (χ4n) is 2.16. The zero-order valence-electron chi connectivity index (χ0n) is 11.1. The third kappa shape index (κ3) is 3.87. The molecule has 0 aromatic carbocycles. The molecule has 1 rings (SSSR count). The molecule has 3 atom stereocenters. The second kappa shape index (κ2) is 6.83. The summed E-state index contributed by atoms with van der Waals surface area (Å²) in [7, 11) is 0. The summed E-state index contributed by atoms with van der Waals surface area (Å²) in [5.41, 5.74) is -0.00622. The Bertz CT molecular complexity index is 279. The Hall–Kier alpha value is -0.780. The molecule has 1 fully saturated rings. The van der Waals surface area contributed by atoms with Crippen molar-refractivity contribution in [2.75, 3.05) is 6.61 Å². The van der Waals surface area contributed by atoms with Gasteiger partial charge in [0.15, 0.2) is 6.29 Å². The summed E-state index contributed by atoms with van der Waals surface area (Å²) in [5.74, 6) is 2.67. The Labute approximate surface area is 105 Å². The standard InChI is InChI=1S/C15H24O2/c1-5-8-10-13-15(4,7-3)12-14(17-13)16-11-9-6-2/h1,7,13-14H,3,6,8-12H2,2,4H3/t13-,14?,15+/m0/s1. The van der Waals surface area contributed by atoms with Gasteiger partial charge in [-0.3, -0.25) is 0 Å². The highest BCUT2D eigenvalue weighted by Crippen LogP contribution is 2.41. The van der Waals surface area contributed by atoms with Gasteiger partial charge in [0.1, 0.15) is 0 Å². The molecule has 1 heterocycles. The van der Waals surface area contributed by atoms with Gasteiger partial charge in [-0.05, 0) is 12.8 Å². The van der Waals surface area contributed by atoms with Gasteiger partial charge in [-0.1, -0.05) is 26.3 Å². The highest BCUT2D eigenvalue weighted by Gasteiger charge is 2.42. The third-order valence-electron chi connectivity index (χ3n) is 3.48. The first-order valence-electron chi connectivity index (χ1n) is 6.50. The summed E-state index contributed by atoms with van der Waals surface area (Å²) in [6, 6.07) is 0. The van der Waals surface area contributed by atoms with Gasteiger partial charge < -0.3 is 9.47 Å². The van der Waals surface area contributed by atoms with Crippen LogP contribution in [-0.2, 0) is 9.47 Å². The van der Waals surface area contributed by atoms with E-state index < -0.39 is 0 Å². The van der Waals surface area contributed by atoms with Crippen molar-refractivity contribution >= 4 is 0 Å². The molecule has 0 amide bonds. The molecule has 0 N–H and O–H groups in total. The van der Waals surface area contributed by atoms with Gasteiger partial charge in [0.2, 0.25) is 0 Å². The molecule has 0 aromatic rings. The van der Waals surface area contributed by atoms with Crippen LogP contribution in [0.5, 0.6) is 0 Å². The van der Waals surface area contributed by atoms with Crippen molar-refractivity contribution in [2.45, 2.75) is 58.3 Å². The van der Waals surface area contributed by atoms with Gasteiger partial charge in [-0.15, -0.1) is 18.9 Å². The highest BCUT2D eigenvalue weighted by atomic mass is 16.7. The maximum absolute atomic E-state index is 5.93. The van der Waals surface area contributed by atoms with Gasteiger partial charge in [0.05, 0.1) is 6.10 Å². The molecule has 0 radical (unpaired) electrons. The normalized spacial score (nSPS) is 32.3. The van der Waals surface area contributed by atoms with Crippen LogP contribution in [-0.4, -0.2) is 19.0 Å². The average molecular weight is 236 g/mol. The van der Waals surface area contributed by atoms with E-state index >= 15 is 0 Å². The van der Waals surface area contributed by atoms with E-state index in [2.05, 4.69) is 26.3 Å². The molecule has 96 valence electrons. The minimum atomic E-state index is -0.0904. The number of hydrogen-bond donors (Lipinski definition) is 0. The predicted octanol–water partition coefficient (Wildman–Crippen LogP) is 3.52. The SMILES string of the molecule is C#CCC[C@@H]1OC(OCCCC)C[C@@]1(C)C=C. The summed E-state index contributed by atoms with van der Waals surface area (Å²) >= 11 is 0. The first kappa shape index (κ1) is 14.3. The molecule has 0 spiro atoms. The van der Waals surface area contributed by atoms with Crippen LogP contribution in [0.4, 0.5) is 0 Å². The van der Waals surface area contributed by atoms with Crippen LogP contribution >= 0.6 is 0 Å². The second-order valence-electron chi connectivity index (χ2n) is 4.94. The maximum atomic E-state index is 5.93. The van der Waals surface area contributed by atoms with Gasteiger partial charge in [0, 0.05) is 24.9 Å². The topological polar surface area (TPSA) is 18.5 Å². The third-order valence-corrected chi connectivity index (χ3v) is 3.48. The second-order valence-corrected chi connectivity index (χ2v) is 4.94. The van der Waals surface area contributed by atoms with Crippen LogP contribution in [0.2, 0.25) is 0 Å². The monoisotopic (exact) mass is 236 g/mol. The molecule has 2 nitrogen and oxygen atoms in total. The van der Waals surface area contributed by atoms with E-state index in [1.807, 2.05) is 6.08 Å². The van der Waals surface area contributed by atoms with E-state index in [-0.39, 0.29) is 17.8 Å². The van der Waals surface area contributed by atoms with E-state index in [1.165, 1.54) is 0 Å². The van der Waals surface area contributed by atoms with Crippen molar-refractivity contribution in [1.82, 2.24) is 0 Å². The molecular weight excluding hydrogens is 212 g/mol. The summed E-state index contributed by atoms with van der Waals surface area (Å²) in [5, 5.41) is 0. The van der Waals surface area contributed by atoms with E-state index in [9.17, 15) is 0 Å².